The van der Waals surface area contributed by atoms with Crippen LogP contribution in [0.5, 0.6) is 0 Å². The number of hydrogen-bond acceptors (Lipinski definition) is 5. The van der Waals surface area contributed by atoms with Crippen LogP contribution in [0.15, 0.2) is 48.5 Å². The molecule has 2 aromatic rings. The van der Waals surface area contributed by atoms with Gasteiger partial charge in [-0.25, -0.2) is 0 Å². The van der Waals surface area contributed by atoms with Crippen LogP contribution in [0.1, 0.15) is 37.7 Å². The molecule has 0 bridgehead atoms. The van der Waals surface area contributed by atoms with Crippen molar-refractivity contribution >= 4 is 24.7 Å². The second-order valence-corrected chi connectivity index (χ2v) is 8.96. The molecule has 0 spiro atoms. The number of carboxylic acid groups (broad SMARTS) is 1. The van der Waals surface area contributed by atoms with Crippen molar-refractivity contribution in [3.05, 3.63) is 59.1 Å². The number of halogens is 1. The number of benzene rings is 2. The summed E-state index contributed by atoms with van der Waals surface area (Å²) in [5.74, 6) is -1.06. The van der Waals surface area contributed by atoms with E-state index in [2.05, 4.69) is 23.5 Å². The molecular formula is C23H30BClN2O4. The fourth-order valence-electron chi connectivity index (χ4n) is 4.20. The quantitative estimate of drug-likeness (QED) is 0.268. The third-order valence-corrected chi connectivity index (χ3v) is 6.52. The summed E-state index contributed by atoms with van der Waals surface area (Å²) in [7, 11) is -1.35. The van der Waals surface area contributed by atoms with Gasteiger partial charge in [-0.15, -0.1) is 0 Å². The fraction of sp³-hybridized carbons (Fsp3) is 0.435. The average molecular weight is 445 g/mol. The van der Waals surface area contributed by atoms with Gasteiger partial charge in [0.15, 0.2) is 0 Å². The number of carboxylic acids is 1. The maximum Gasteiger partial charge on any atom is 0.451 e. The van der Waals surface area contributed by atoms with Crippen molar-refractivity contribution in [2.45, 2.75) is 56.5 Å². The Morgan fingerprint density at radius 2 is 1.84 bits per heavy atom. The van der Waals surface area contributed by atoms with Gasteiger partial charge >= 0.3 is 13.1 Å². The Labute approximate surface area is 188 Å². The minimum Gasteiger partial charge on any atom is -0.480 e. The number of aliphatic carboxylic acids is 1. The molecule has 6 N–H and O–H groups in total. The Balaban J connectivity index is 1.49. The van der Waals surface area contributed by atoms with Gasteiger partial charge < -0.3 is 26.2 Å². The Bertz CT molecular complexity index is 874. The highest BCUT2D eigenvalue weighted by atomic mass is 35.5. The molecule has 6 nitrogen and oxygen atoms in total. The molecule has 31 heavy (non-hydrogen) atoms. The van der Waals surface area contributed by atoms with E-state index in [-0.39, 0.29) is 18.3 Å². The molecule has 8 heteroatoms. The van der Waals surface area contributed by atoms with E-state index in [1.54, 1.807) is 0 Å². The van der Waals surface area contributed by atoms with E-state index in [0.717, 1.165) is 29.5 Å². The van der Waals surface area contributed by atoms with Crippen LogP contribution in [0.25, 0.3) is 11.1 Å². The van der Waals surface area contributed by atoms with Crippen molar-refractivity contribution in [2.24, 2.45) is 11.7 Å². The molecule has 0 saturated heterocycles. The summed E-state index contributed by atoms with van der Waals surface area (Å²) < 4.78 is 0. The zero-order valence-electron chi connectivity index (χ0n) is 17.5. The van der Waals surface area contributed by atoms with Crippen LogP contribution in [0, 0.1) is 5.92 Å². The molecule has 166 valence electrons. The molecule has 0 aromatic heterocycles. The van der Waals surface area contributed by atoms with Gasteiger partial charge in [-0.2, -0.15) is 0 Å². The van der Waals surface area contributed by atoms with Gasteiger partial charge in [0.2, 0.25) is 0 Å². The Hall–Kier alpha value is -1.90. The molecule has 0 amide bonds. The maximum atomic E-state index is 11.8. The van der Waals surface area contributed by atoms with Crippen LogP contribution in [0.4, 0.5) is 0 Å². The zero-order valence-corrected chi connectivity index (χ0v) is 18.3. The smallest absolute Gasteiger partial charge is 0.451 e. The molecule has 0 heterocycles. The molecule has 0 aliphatic heterocycles. The number of unbranched alkanes of at least 4 members (excludes halogenated alkanes) is 1. The predicted molar refractivity (Wildman–Crippen MR) is 124 cm³/mol. The number of nitrogens with one attached hydrogen (secondary N) is 1. The van der Waals surface area contributed by atoms with Crippen molar-refractivity contribution in [2.75, 3.05) is 0 Å². The van der Waals surface area contributed by atoms with Crippen molar-refractivity contribution in [1.82, 2.24) is 5.32 Å². The topological polar surface area (TPSA) is 116 Å². The summed E-state index contributed by atoms with van der Waals surface area (Å²) in [5.41, 5.74) is 8.41. The second-order valence-electron chi connectivity index (χ2n) is 8.53. The average Bonchev–Trinajstić information content (AvgIpc) is 2.70. The van der Waals surface area contributed by atoms with E-state index in [4.69, 9.17) is 27.4 Å². The lowest BCUT2D eigenvalue weighted by atomic mass is 9.66. The van der Waals surface area contributed by atoms with Crippen molar-refractivity contribution < 1.29 is 19.9 Å². The molecular weight excluding hydrogens is 415 g/mol. The highest BCUT2D eigenvalue weighted by Gasteiger charge is 2.48. The maximum absolute atomic E-state index is 11.8. The van der Waals surface area contributed by atoms with E-state index in [9.17, 15) is 9.90 Å². The van der Waals surface area contributed by atoms with Gasteiger partial charge in [0, 0.05) is 17.6 Å². The number of hydrogen-bond donors (Lipinski definition) is 5. The first kappa shape index (κ1) is 23.8. The minimum absolute atomic E-state index is 0.0815. The normalized spacial score (nSPS) is 20.0. The molecule has 3 rings (SSSR count). The molecule has 1 unspecified atom stereocenters. The van der Waals surface area contributed by atoms with Gasteiger partial charge in [0.1, 0.15) is 5.54 Å². The first-order valence-electron chi connectivity index (χ1n) is 10.7. The van der Waals surface area contributed by atoms with Gasteiger partial charge in [0.05, 0.1) is 0 Å². The van der Waals surface area contributed by atoms with Gasteiger partial charge in [-0.1, -0.05) is 54.8 Å². The van der Waals surface area contributed by atoms with Crippen LogP contribution in [-0.4, -0.2) is 39.8 Å². The Morgan fingerprint density at radius 3 is 2.48 bits per heavy atom. The second kappa shape index (κ2) is 10.6. The molecule has 2 aromatic carbocycles. The molecule has 1 atom stereocenters. The summed E-state index contributed by atoms with van der Waals surface area (Å²) in [5, 5.41) is 31.8. The molecule has 0 radical (unpaired) electrons. The lowest BCUT2D eigenvalue weighted by molar-refractivity contribution is -0.148. The van der Waals surface area contributed by atoms with Crippen LogP contribution < -0.4 is 11.1 Å². The number of nitrogens with two attached hydrogens (primary N) is 1. The molecule has 1 fully saturated rings. The van der Waals surface area contributed by atoms with Crippen molar-refractivity contribution in [3.63, 3.8) is 0 Å². The summed E-state index contributed by atoms with van der Waals surface area (Å²) in [6.07, 6.45) is 3.13. The fourth-order valence-corrected chi connectivity index (χ4v) is 4.33. The number of rotatable bonds is 11. The van der Waals surface area contributed by atoms with E-state index in [1.807, 2.05) is 30.3 Å². The first-order chi connectivity index (χ1) is 14.8. The summed E-state index contributed by atoms with van der Waals surface area (Å²) in [4.78, 5) is 11.8. The number of carbonyl (C=O) groups is 1. The Kier molecular flexibility index (Phi) is 8.14. The Morgan fingerprint density at radius 1 is 1.13 bits per heavy atom. The highest BCUT2D eigenvalue weighted by Crippen LogP contribution is 2.38. The van der Waals surface area contributed by atoms with E-state index >= 15 is 0 Å². The van der Waals surface area contributed by atoms with Crippen LogP contribution in [0.3, 0.4) is 0 Å². The highest BCUT2D eigenvalue weighted by molar-refractivity contribution is 6.40. The minimum atomic E-state index is -1.35. The largest absolute Gasteiger partial charge is 0.480 e. The molecule has 1 aliphatic rings. The van der Waals surface area contributed by atoms with Crippen LogP contribution >= 0.6 is 11.6 Å². The third-order valence-electron chi connectivity index (χ3n) is 6.27. The predicted octanol–water partition coefficient (Wildman–Crippen LogP) is 3.30. The summed E-state index contributed by atoms with van der Waals surface area (Å²) in [6, 6.07) is 16.3. The van der Waals surface area contributed by atoms with Gasteiger partial charge in [0.25, 0.3) is 0 Å². The van der Waals surface area contributed by atoms with Gasteiger partial charge in [-0.05, 0) is 66.4 Å². The van der Waals surface area contributed by atoms with Gasteiger partial charge in [-0.3, -0.25) is 4.79 Å². The van der Waals surface area contributed by atoms with E-state index in [0.29, 0.717) is 30.8 Å². The van der Waals surface area contributed by atoms with Crippen molar-refractivity contribution in [3.8, 4) is 11.1 Å². The zero-order chi connectivity index (χ0) is 22.4. The van der Waals surface area contributed by atoms with E-state index < -0.39 is 18.6 Å². The van der Waals surface area contributed by atoms with Crippen molar-refractivity contribution in [1.29, 1.82) is 0 Å². The monoisotopic (exact) mass is 444 g/mol. The van der Waals surface area contributed by atoms with Crippen LogP contribution in [-0.2, 0) is 11.3 Å². The lowest BCUT2D eigenvalue weighted by Gasteiger charge is -2.45. The third kappa shape index (κ3) is 6.31. The molecule has 1 saturated carbocycles. The first-order valence-corrected chi connectivity index (χ1v) is 11.1. The SMILES string of the molecule is NC(CCCCB(O)O)(C(=O)O)C1CC(NCc2cccc(-c3ccc(Cl)cc3)c2)C1. The summed E-state index contributed by atoms with van der Waals surface area (Å²) in [6.45, 7) is 0.706. The summed E-state index contributed by atoms with van der Waals surface area (Å²) >= 11 is 5.97. The van der Waals surface area contributed by atoms with Crippen LogP contribution in [0.2, 0.25) is 11.3 Å². The lowest BCUT2D eigenvalue weighted by Crippen LogP contribution is -2.61. The molecule has 1 aliphatic carbocycles. The van der Waals surface area contributed by atoms with E-state index in [1.165, 1.54) is 0 Å². The standard InChI is InChI=1S/C23H30BClN2O4/c25-20-8-6-17(7-9-20)18-5-3-4-16(12-18)15-27-21-13-19(14-21)23(26,22(28)29)10-1-2-11-24(30)31/h3-9,12,19,21,27,30-31H,1-2,10-11,13-15,26H2,(H,28,29).